The van der Waals surface area contributed by atoms with E-state index >= 15 is 0 Å². The van der Waals surface area contributed by atoms with E-state index < -0.39 is 6.10 Å². The van der Waals surface area contributed by atoms with Crippen LogP contribution < -0.4 is 0 Å². The quantitative estimate of drug-likeness (QED) is 0.0325. The van der Waals surface area contributed by atoms with Gasteiger partial charge in [-0.2, -0.15) is 0 Å². The molecule has 4 fully saturated rings. The number of rotatable bonds is 51. The van der Waals surface area contributed by atoms with Crippen LogP contribution in [-0.4, -0.2) is 67.7 Å². The normalized spacial score (nSPS) is 24.0. The van der Waals surface area contributed by atoms with Crippen LogP contribution in [0.3, 0.4) is 0 Å². The standard InChI is InChI=1S/C75H132O11/c1-8-10-12-14-16-18-20-22-24-26-28-33-37-43-69(77)83-57-64(58-84-70(78)44-38-34-29-27-25-23-21-19-17-15-13-11-9-2)86-72(80)55-59(3)41-35-31-30-32-36-42-60(4)73(81)82-54-40-39-45-71(79)85-63-50-52-74(6)62(56-63)46-47-65-67-49-48-66(61(5)76)75(67,7)53-51-68(65)74/h59-60,62-68H,8-58H2,1-7H3/t59?,60?,62-,63+,65-,66+,67-,68-,74-,75+/m0/s1. The smallest absolute Gasteiger partial charge is 0.308 e. The van der Waals surface area contributed by atoms with Gasteiger partial charge < -0.3 is 23.7 Å². The average Bonchev–Trinajstić information content (AvgIpc) is 1.34. The summed E-state index contributed by atoms with van der Waals surface area (Å²) in [6.07, 6.45) is 50.7. The maximum atomic E-state index is 13.2. The Bertz CT molecular complexity index is 1820. The molecule has 0 amide bonds. The van der Waals surface area contributed by atoms with Crippen LogP contribution >= 0.6 is 0 Å². The van der Waals surface area contributed by atoms with Crippen LogP contribution in [0.5, 0.6) is 0 Å². The highest BCUT2D eigenvalue weighted by Gasteiger charge is 2.61. The number of Topliss-reactive ketones (excluding diaryl/α,β-unsaturated/α-hetero) is 1. The van der Waals surface area contributed by atoms with E-state index in [9.17, 15) is 28.8 Å². The van der Waals surface area contributed by atoms with Crippen molar-refractivity contribution in [2.24, 2.45) is 52.3 Å². The lowest BCUT2D eigenvalue weighted by Gasteiger charge is -2.61. The van der Waals surface area contributed by atoms with E-state index in [1.807, 2.05) is 13.8 Å². The third-order valence-electron chi connectivity index (χ3n) is 21.8. The Hall–Kier alpha value is -2.98. The van der Waals surface area contributed by atoms with Gasteiger partial charge in [0.25, 0.3) is 0 Å². The van der Waals surface area contributed by atoms with Crippen LogP contribution in [-0.2, 0) is 52.5 Å². The summed E-state index contributed by atoms with van der Waals surface area (Å²) < 4.78 is 28.8. The molecule has 498 valence electrons. The van der Waals surface area contributed by atoms with Gasteiger partial charge in [0.1, 0.15) is 25.1 Å². The molecule has 0 aromatic rings. The fourth-order valence-corrected chi connectivity index (χ4v) is 16.3. The van der Waals surface area contributed by atoms with Gasteiger partial charge >= 0.3 is 29.8 Å². The summed E-state index contributed by atoms with van der Waals surface area (Å²) in [6, 6.07) is 0. The average molecular weight is 1210 g/mol. The molecule has 0 N–H and O–H groups in total. The van der Waals surface area contributed by atoms with Gasteiger partial charge in [-0.1, -0.05) is 234 Å². The zero-order valence-electron chi connectivity index (χ0n) is 56.7. The molecule has 0 heterocycles. The van der Waals surface area contributed by atoms with E-state index in [-0.39, 0.29) is 78.8 Å². The summed E-state index contributed by atoms with van der Waals surface area (Å²) in [5.74, 6) is 2.03. The number of unbranched alkanes of at least 4 members (excludes halogenated alkanes) is 29. The van der Waals surface area contributed by atoms with Gasteiger partial charge in [0.15, 0.2) is 6.10 Å². The lowest BCUT2D eigenvalue weighted by Crippen LogP contribution is -2.54. The molecule has 0 radical (unpaired) electrons. The van der Waals surface area contributed by atoms with Crippen LogP contribution in [0.2, 0.25) is 0 Å². The number of carbonyl (C=O) groups is 6. The van der Waals surface area contributed by atoms with Crippen molar-refractivity contribution in [1.82, 2.24) is 0 Å². The molecular formula is C75H132O11. The first-order valence-electron chi connectivity index (χ1n) is 37.0. The molecule has 4 aliphatic rings. The monoisotopic (exact) mass is 1210 g/mol. The number of fused-ring (bicyclic) bond motifs is 5. The number of ketones is 1. The molecule has 0 saturated heterocycles. The Morgan fingerprint density at radius 1 is 0.453 bits per heavy atom. The zero-order valence-corrected chi connectivity index (χ0v) is 56.7. The molecule has 0 aliphatic heterocycles. The minimum Gasteiger partial charge on any atom is -0.465 e. The Balaban J connectivity index is 1.02. The maximum Gasteiger partial charge on any atom is 0.308 e. The first kappa shape index (κ1) is 75.5. The van der Waals surface area contributed by atoms with Crippen LogP contribution in [0.4, 0.5) is 0 Å². The zero-order chi connectivity index (χ0) is 62.3. The Kier molecular flexibility index (Phi) is 39.0. The second-order valence-electron chi connectivity index (χ2n) is 29.0. The van der Waals surface area contributed by atoms with Crippen LogP contribution in [0.1, 0.15) is 357 Å². The molecule has 0 bridgehead atoms. The topological polar surface area (TPSA) is 149 Å². The first-order chi connectivity index (χ1) is 41.6. The lowest BCUT2D eigenvalue weighted by molar-refractivity contribution is -0.167. The molecule has 4 aliphatic carbocycles. The molecule has 0 spiro atoms. The summed E-state index contributed by atoms with van der Waals surface area (Å²) in [6.45, 7) is 15.4. The molecular weight excluding hydrogens is 1080 g/mol. The maximum absolute atomic E-state index is 13.2. The third-order valence-corrected chi connectivity index (χ3v) is 21.8. The number of hydrogen-bond acceptors (Lipinski definition) is 11. The second-order valence-corrected chi connectivity index (χ2v) is 29.0. The van der Waals surface area contributed by atoms with Crippen molar-refractivity contribution in [2.75, 3.05) is 19.8 Å². The summed E-state index contributed by atoms with van der Waals surface area (Å²) in [7, 11) is 0. The predicted octanol–water partition coefficient (Wildman–Crippen LogP) is 20.2. The Morgan fingerprint density at radius 3 is 1.43 bits per heavy atom. The summed E-state index contributed by atoms with van der Waals surface area (Å²) >= 11 is 0. The van der Waals surface area contributed by atoms with E-state index in [0.717, 1.165) is 121 Å². The molecule has 4 saturated carbocycles. The van der Waals surface area contributed by atoms with Gasteiger partial charge in [-0.05, 0) is 137 Å². The summed E-state index contributed by atoms with van der Waals surface area (Å²) in [4.78, 5) is 77.1. The Labute approximate surface area is 526 Å². The molecule has 11 heteroatoms. The van der Waals surface area contributed by atoms with Crippen molar-refractivity contribution in [3.63, 3.8) is 0 Å². The highest BCUT2D eigenvalue weighted by Crippen LogP contribution is 2.67. The van der Waals surface area contributed by atoms with Crippen molar-refractivity contribution in [1.29, 1.82) is 0 Å². The highest BCUT2D eigenvalue weighted by molar-refractivity contribution is 5.79. The molecule has 2 unspecified atom stereocenters. The van der Waals surface area contributed by atoms with Crippen LogP contribution in [0, 0.1) is 52.3 Å². The van der Waals surface area contributed by atoms with Crippen molar-refractivity contribution in [3.8, 4) is 0 Å². The van der Waals surface area contributed by atoms with Crippen LogP contribution in [0.15, 0.2) is 0 Å². The SMILES string of the molecule is CCCCCCCCCCCCCCCC(=O)OCC(COC(=O)CCCCCCCCCCCCCCC)OC(=O)CC(C)CCCCCCCC(C)C(=O)OCCCCC(=O)O[C@@H]1CC[C@@]2(C)[C@@H](CC[C@@H]3[C@@H]2CC[C@]2(C)[C@@H](C(C)=O)CC[C@@H]32)C1. The van der Waals surface area contributed by atoms with Gasteiger partial charge in [-0.25, -0.2) is 0 Å². The van der Waals surface area contributed by atoms with Gasteiger partial charge in [0.05, 0.1) is 12.5 Å². The van der Waals surface area contributed by atoms with Crippen molar-refractivity contribution in [3.05, 3.63) is 0 Å². The van der Waals surface area contributed by atoms with Crippen molar-refractivity contribution < 1.29 is 52.5 Å². The fraction of sp³-hybridized carbons (Fsp3) is 0.920. The van der Waals surface area contributed by atoms with E-state index in [1.54, 1.807) is 0 Å². The fourth-order valence-electron chi connectivity index (χ4n) is 16.3. The Morgan fingerprint density at radius 2 is 0.907 bits per heavy atom. The van der Waals surface area contributed by atoms with Gasteiger partial charge in [-0.15, -0.1) is 0 Å². The van der Waals surface area contributed by atoms with E-state index in [0.29, 0.717) is 61.7 Å². The van der Waals surface area contributed by atoms with E-state index in [4.69, 9.17) is 23.7 Å². The highest BCUT2D eigenvalue weighted by atomic mass is 16.6. The molecule has 86 heavy (non-hydrogen) atoms. The van der Waals surface area contributed by atoms with Crippen LogP contribution in [0.25, 0.3) is 0 Å². The summed E-state index contributed by atoms with van der Waals surface area (Å²) in [5, 5.41) is 0. The first-order valence-corrected chi connectivity index (χ1v) is 37.0. The predicted molar refractivity (Wildman–Crippen MR) is 348 cm³/mol. The van der Waals surface area contributed by atoms with Crippen molar-refractivity contribution in [2.45, 2.75) is 369 Å². The number of esters is 5. The van der Waals surface area contributed by atoms with Gasteiger partial charge in [-0.3, -0.25) is 28.8 Å². The number of ether oxygens (including phenoxy) is 5. The number of carbonyl (C=O) groups excluding carboxylic acids is 6. The molecule has 0 aromatic heterocycles. The minimum absolute atomic E-state index is 0.000819. The van der Waals surface area contributed by atoms with E-state index in [1.165, 1.54) is 161 Å². The summed E-state index contributed by atoms with van der Waals surface area (Å²) in [5.41, 5.74) is 0.483. The molecule has 10 atom stereocenters. The molecule has 0 aromatic carbocycles. The third kappa shape index (κ3) is 29.3. The number of hydrogen-bond donors (Lipinski definition) is 0. The molecule has 4 rings (SSSR count). The van der Waals surface area contributed by atoms with Gasteiger partial charge in [0, 0.05) is 31.6 Å². The van der Waals surface area contributed by atoms with Crippen molar-refractivity contribution >= 4 is 35.6 Å². The lowest BCUT2D eigenvalue weighted by atomic mass is 9.44. The largest absolute Gasteiger partial charge is 0.465 e. The van der Waals surface area contributed by atoms with Gasteiger partial charge in [0.2, 0.25) is 0 Å². The second kappa shape index (κ2) is 44.5. The van der Waals surface area contributed by atoms with E-state index in [2.05, 4.69) is 34.6 Å². The molecule has 11 nitrogen and oxygen atoms in total. The minimum atomic E-state index is -0.836.